The number of furan rings is 1. The zero-order valence-corrected chi connectivity index (χ0v) is 17.2. The minimum Gasteiger partial charge on any atom is -0.456 e. The number of hydrogen-bond donors (Lipinski definition) is 1. The molecule has 5 aromatic rings. The molecule has 0 spiro atoms. The molecule has 0 saturated heterocycles. The van der Waals surface area contributed by atoms with Gasteiger partial charge in [-0.05, 0) is 55.5 Å². The van der Waals surface area contributed by atoms with Gasteiger partial charge in [-0.2, -0.15) is 0 Å². The van der Waals surface area contributed by atoms with Gasteiger partial charge >= 0.3 is 0 Å². The van der Waals surface area contributed by atoms with E-state index in [1.54, 1.807) is 42.5 Å². The van der Waals surface area contributed by atoms with Gasteiger partial charge in [0.25, 0.3) is 5.91 Å². The Morgan fingerprint density at radius 1 is 0.903 bits per heavy atom. The minimum atomic E-state index is -0.424. The van der Waals surface area contributed by atoms with Gasteiger partial charge in [0.2, 0.25) is 0 Å². The Hall–Kier alpha value is -3.83. The number of halogens is 1. The van der Waals surface area contributed by atoms with Crippen molar-refractivity contribution in [3.05, 3.63) is 99.4 Å². The summed E-state index contributed by atoms with van der Waals surface area (Å²) in [6, 6.07) is 20.9. The van der Waals surface area contributed by atoms with Crippen molar-refractivity contribution in [3.8, 4) is 11.3 Å². The number of aryl methyl sites for hydroxylation is 1. The molecule has 0 atom stereocenters. The normalized spacial score (nSPS) is 11.2. The third kappa shape index (κ3) is 3.71. The lowest BCUT2D eigenvalue weighted by molar-refractivity contribution is 0.0998. The van der Waals surface area contributed by atoms with Crippen LogP contribution in [0.4, 0.5) is 5.69 Å². The van der Waals surface area contributed by atoms with Crippen molar-refractivity contribution >= 4 is 45.1 Å². The number of fused-ring (bicyclic) bond motifs is 2. The first-order valence-electron chi connectivity index (χ1n) is 9.62. The van der Waals surface area contributed by atoms with Crippen LogP contribution in [0.5, 0.6) is 0 Å². The highest BCUT2D eigenvalue weighted by Gasteiger charge is 2.14. The summed E-state index contributed by atoms with van der Waals surface area (Å²) in [7, 11) is 0. The van der Waals surface area contributed by atoms with E-state index in [1.807, 2.05) is 31.2 Å². The number of anilines is 1. The van der Waals surface area contributed by atoms with E-state index in [-0.39, 0.29) is 11.2 Å². The van der Waals surface area contributed by atoms with Crippen LogP contribution < -0.4 is 10.7 Å². The molecule has 31 heavy (non-hydrogen) atoms. The van der Waals surface area contributed by atoms with Gasteiger partial charge in [0.05, 0.1) is 5.39 Å². The molecular weight excluding hydrogens is 414 g/mol. The summed E-state index contributed by atoms with van der Waals surface area (Å²) in [5.74, 6) is 0.227. The SMILES string of the molecule is Cc1cccc(-c2cc(=O)c3cc(NC(=O)c4cc5cc(Cl)ccc5o4)ccc3o2)c1. The lowest BCUT2D eigenvalue weighted by Gasteiger charge is -2.07. The summed E-state index contributed by atoms with van der Waals surface area (Å²) in [6.45, 7) is 1.98. The molecule has 0 bridgehead atoms. The largest absolute Gasteiger partial charge is 0.456 e. The number of carbonyl (C=O) groups excluding carboxylic acids is 1. The summed E-state index contributed by atoms with van der Waals surface area (Å²) in [5.41, 5.74) is 3.20. The van der Waals surface area contributed by atoms with Gasteiger partial charge in [0.1, 0.15) is 16.9 Å². The Morgan fingerprint density at radius 3 is 2.58 bits per heavy atom. The predicted molar refractivity (Wildman–Crippen MR) is 122 cm³/mol. The lowest BCUT2D eigenvalue weighted by Crippen LogP contribution is -2.11. The average Bonchev–Trinajstić information content (AvgIpc) is 3.17. The van der Waals surface area contributed by atoms with Crippen LogP contribution in [-0.2, 0) is 0 Å². The third-order valence-electron chi connectivity index (χ3n) is 4.99. The smallest absolute Gasteiger partial charge is 0.291 e. The van der Waals surface area contributed by atoms with E-state index in [0.717, 1.165) is 16.5 Å². The van der Waals surface area contributed by atoms with Crippen LogP contribution in [0.2, 0.25) is 5.02 Å². The van der Waals surface area contributed by atoms with E-state index in [1.165, 1.54) is 6.07 Å². The lowest BCUT2D eigenvalue weighted by atomic mass is 10.1. The van der Waals surface area contributed by atoms with Gasteiger partial charge in [-0.1, -0.05) is 35.4 Å². The van der Waals surface area contributed by atoms with Crippen molar-refractivity contribution in [1.82, 2.24) is 0 Å². The topological polar surface area (TPSA) is 72.5 Å². The second-order valence-corrected chi connectivity index (χ2v) is 7.74. The molecule has 2 heterocycles. The minimum absolute atomic E-state index is 0.152. The first kappa shape index (κ1) is 19.2. The van der Waals surface area contributed by atoms with Gasteiger partial charge in [-0.15, -0.1) is 0 Å². The average molecular weight is 430 g/mol. The molecule has 5 rings (SSSR count). The molecule has 152 valence electrons. The van der Waals surface area contributed by atoms with Crippen molar-refractivity contribution in [2.45, 2.75) is 6.92 Å². The van der Waals surface area contributed by atoms with Gasteiger partial charge in [-0.25, -0.2) is 0 Å². The quantitative estimate of drug-likeness (QED) is 0.359. The van der Waals surface area contributed by atoms with E-state index in [0.29, 0.717) is 33.0 Å². The van der Waals surface area contributed by atoms with E-state index in [9.17, 15) is 9.59 Å². The number of rotatable bonds is 3. The highest BCUT2D eigenvalue weighted by atomic mass is 35.5. The Bertz CT molecular complexity index is 1530. The highest BCUT2D eigenvalue weighted by Crippen LogP contribution is 2.26. The summed E-state index contributed by atoms with van der Waals surface area (Å²) in [5, 5.41) is 4.44. The van der Waals surface area contributed by atoms with Crippen LogP contribution in [0.1, 0.15) is 16.1 Å². The Morgan fingerprint density at radius 2 is 1.74 bits per heavy atom. The van der Waals surface area contributed by atoms with Crippen molar-refractivity contribution < 1.29 is 13.6 Å². The molecule has 6 heteroatoms. The van der Waals surface area contributed by atoms with Crippen LogP contribution in [0.25, 0.3) is 33.3 Å². The summed E-state index contributed by atoms with van der Waals surface area (Å²) >= 11 is 5.98. The molecule has 0 radical (unpaired) electrons. The molecular formula is C25H16ClNO4. The maximum absolute atomic E-state index is 12.7. The monoisotopic (exact) mass is 429 g/mol. The van der Waals surface area contributed by atoms with Crippen molar-refractivity contribution in [3.63, 3.8) is 0 Å². The van der Waals surface area contributed by atoms with Crippen LogP contribution in [0.15, 0.2) is 86.4 Å². The predicted octanol–water partition coefficient (Wildman–Crippen LogP) is 6.42. The van der Waals surface area contributed by atoms with E-state index < -0.39 is 5.91 Å². The van der Waals surface area contributed by atoms with Crippen molar-refractivity contribution in [2.24, 2.45) is 0 Å². The second kappa shape index (κ2) is 7.45. The molecule has 0 fully saturated rings. The van der Waals surface area contributed by atoms with Crippen LogP contribution in [0, 0.1) is 6.92 Å². The standard InChI is InChI=1S/C25H16ClNO4/c1-14-3-2-4-15(9-14)23-13-20(28)19-12-18(6-8-22(19)31-23)27-25(29)24-11-16-10-17(26)5-7-21(16)30-24/h2-13H,1H3,(H,27,29). The molecule has 5 nitrogen and oxygen atoms in total. The molecule has 0 aliphatic rings. The highest BCUT2D eigenvalue weighted by molar-refractivity contribution is 6.31. The fourth-order valence-electron chi connectivity index (χ4n) is 3.49. The molecule has 0 saturated carbocycles. The molecule has 1 N–H and O–H groups in total. The van der Waals surface area contributed by atoms with E-state index >= 15 is 0 Å². The number of hydrogen-bond acceptors (Lipinski definition) is 4. The van der Waals surface area contributed by atoms with E-state index in [2.05, 4.69) is 5.32 Å². The fraction of sp³-hybridized carbons (Fsp3) is 0.0400. The molecule has 0 aliphatic heterocycles. The molecule has 0 aliphatic carbocycles. The first-order chi connectivity index (χ1) is 15.0. The first-order valence-corrected chi connectivity index (χ1v) is 9.99. The zero-order valence-electron chi connectivity index (χ0n) is 16.4. The van der Waals surface area contributed by atoms with Gasteiger partial charge < -0.3 is 14.2 Å². The van der Waals surface area contributed by atoms with Gasteiger partial charge in [0, 0.05) is 27.7 Å². The number of amides is 1. The number of benzene rings is 3. The maximum Gasteiger partial charge on any atom is 0.291 e. The third-order valence-corrected chi connectivity index (χ3v) is 5.22. The molecule has 3 aromatic carbocycles. The fourth-order valence-corrected chi connectivity index (χ4v) is 3.67. The Labute approximate surface area is 181 Å². The Balaban J connectivity index is 1.46. The number of nitrogens with one attached hydrogen (secondary N) is 1. The van der Waals surface area contributed by atoms with Crippen LogP contribution >= 0.6 is 11.6 Å². The van der Waals surface area contributed by atoms with Crippen molar-refractivity contribution in [1.29, 1.82) is 0 Å². The number of carbonyl (C=O) groups is 1. The molecule has 2 aromatic heterocycles. The van der Waals surface area contributed by atoms with Crippen LogP contribution in [-0.4, -0.2) is 5.91 Å². The van der Waals surface area contributed by atoms with Crippen LogP contribution in [0.3, 0.4) is 0 Å². The van der Waals surface area contributed by atoms with Crippen molar-refractivity contribution in [2.75, 3.05) is 5.32 Å². The van der Waals surface area contributed by atoms with E-state index in [4.69, 9.17) is 20.4 Å². The summed E-state index contributed by atoms with van der Waals surface area (Å²) in [4.78, 5) is 25.3. The zero-order chi connectivity index (χ0) is 21.5. The summed E-state index contributed by atoms with van der Waals surface area (Å²) < 4.78 is 11.5. The van der Waals surface area contributed by atoms with Gasteiger partial charge in [-0.3, -0.25) is 9.59 Å². The maximum atomic E-state index is 12.7. The summed E-state index contributed by atoms with van der Waals surface area (Å²) in [6.07, 6.45) is 0. The molecule has 0 unspecified atom stereocenters. The van der Waals surface area contributed by atoms with Gasteiger partial charge in [0.15, 0.2) is 11.2 Å². The molecule has 1 amide bonds. The Kier molecular flexibility index (Phi) is 4.60. The second-order valence-electron chi connectivity index (χ2n) is 7.30.